The fourth-order valence-corrected chi connectivity index (χ4v) is 3.93. The number of phenolic OH excluding ortho intramolecular Hbond substituents is 1. The number of hydrogen-bond acceptors (Lipinski definition) is 6. The van der Waals surface area contributed by atoms with Gasteiger partial charge in [0.25, 0.3) is 5.91 Å². The average molecular weight is 531 g/mol. The van der Waals surface area contributed by atoms with Crippen LogP contribution in [0.4, 0.5) is 11.6 Å². The van der Waals surface area contributed by atoms with Gasteiger partial charge in [-0.25, -0.2) is 4.68 Å². The van der Waals surface area contributed by atoms with E-state index in [0.717, 1.165) is 3.57 Å². The van der Waals surface area contributed by atoms with Crippen molar-refractivity contribution in [3.8, 4) is 5.75 Å². The highest BCUT2D eigenvalue weighted by Crippen LogP contribution is 2.36. The van der Waals surface area contributed by atoms with Gasteiger partial charge in [0, 0.05) is 28.0 Å². The van der Waals surface area contributed by atoms with E-state index in [9.17, 15) is 9.90 Å². The summed E-state index contributed by atoms with van der Waals surface area (Å²) in [6.07, 6.45) is 1.07. The summed E-state index contributed by atoms with van der Waals surface area (Å²) in [6, 6.07) is 13.8. The van der Waals surface area contributed by atoms with Crippen LogP contribution < -0.4 is 10.6 Å². The number of nitrogens with one attached hydrogen (secondary N) is 2. The van der Waals surface area contributed by atoms with Crippen LogP contribution in [0.3, 0.4) is 0 Å². The van der Waals surface area contributed by atoms with Crippen molar-refractivity contribution < 1.29 is 15.0 Å². The highest BCUT2D eigenvalue weighted by atomic mass is 127. The number of amides is 1. The molecule has 160 valence electrons. The highest BCUT2D eigenvalue weighted by Gasteiger charge is 2.34. The zero-order chi connectivity index (χ0) is 22.0. The molecule has 9 heteroatoms. The number of aliphatic hydroxyl groups excluding tert-OH is 1. The third-order valence-electron chi connectivity index (χ3n) is 4.99. The first kappa shape index (κ1) is 21.3. The summed E-state index contributed by atoms with van der Waals surface area (Å²) in [5.74, 6) is 0.934. The van der Waals surface area contributed by atoms with E-state index < -0.39 is 6.04 Å². The quantitative estimate of drug-likeness (QED) is 0.363. The van der Waals surface area contributed by atoms with Crippen molar-refractivity contribution in [3.05, 3.63) is 74.8 Å². The predicted octanol–water partition coefficient (Wildman–Crippen LogP) is 3.44. The summed E-state index contributed by atoms with van der Waals surface area (Å²) in [7, 11) is 0. The molecule has 8 nitrogen and oxygen atoms in total. The minimum Gasteiger partial charge on any atom is -0.508 e. The third kappa shape index (κ3) is 4.57. The molecule has 2 heterocycles. The fourth-order valence-electron chi connectivity index (χ4n) is 3.57. The molecule has 1 amide bonds. The first-order valence-electron chi connectivity index (χ1n) is 9.86. The number of phenols is 1. The van der Waals surface area contributed by atoms with Crippen LogP contribution >= 0.6 is 22.6 Å². The Morgan fingerprint density at radius 2 is 2.03 bits per heavy atom. The van der Waals surface area contributed by atoms with Gasteiger partial charge in [-0.3, -0.25) is 4.79 Å². The van der Waals surface area contributed by atoms with Crippen LogP contribution in [0.15, 0.2) is 59.8 Å². The van der Waals surface area contributed by atoms with E-state index in [1.165, 1.54) is 0 Å². The van der Waals surface area contributed by atoms with Crippen LogP contribution in [0.25, 0.3) is 0 Å². The van der Waals surface area contributed by atoms with E-state index in [4.69, 9.17) is 5.11 Å². The van der Waals surface area contributed by atoms with Gasteiger partial charge in [0.2, 0.25) is 5.95 Å². The molecule has 0 radical (unpaired) electrons. The monoisotopic (exact) mass is 531 g/mol. The maximum Gasteiger partial charge on any atom is 0.255 e. The van der Waals surface area contributed by atoms with Gasteiger partial charge in [0.1, 0.15) is 11.8 Å². The van der Waals surface area contributed by atoms with Crippen LogP contribution in [0.2, 0.25) is 0 Å². The summed E-state index contributed by atoms with van der Waals surface area (Å²) in [6.45, 7) is 1.87. The lowest BCUT2D eigenvalue weighted by Gasteiger charge is -2.28. The Morgan fingerprint density at radius 1 is 1.26 bits per heavy atom. The van der Waals surface area contributed by atoms with E-state index in [0.29, 0.717) is 47.1 Å². The number of aliphatic hydroxyl groups is 1. The zero-order valence-corrected chi connectivity index (χ0v) is 19.0. The van der Waals surface area contributed by atoms with Gasteiger partial charge >= 0.3 is 0 Å². The molecule has 4 rings (SSSR count). The number of halogens is 1. The van der Waals surface area contributed by atoms with Gasteiger partial charge in [-0.05, 0) is 77.9 Å². The number of aromatic nitrogens is 3. The third-order valence-corrected chi connectivity index (χ3v) is 5.71. The first-order valence-corrected chi connectivity index (χ1v) is 10.9. The molecule has 0 aliphatic carbocycles. The molecule has 31 heavy (non-hydrogen) atoms. The van der Waals surface area contributed by atoms with Crippen molar-refractivity contribution in [3.63, 3.8) is 0 Å². The zero-order valence-electron chi connectivity index (χ0n) is 16.8. The predicted molar refractivity (Wildman–Crippen MR) is 126 cm³/mol. The Hall–Kier alpha value is -2.92. The lowest BCUT2D eigenvalue weighted by molar-refractivity contribution is -0.113. The number of carbonyl (C=O) groups is 1. The molecule has 4 N–H and O–H groups in total. The van der Waals surface area contributed by atoms with Crippen molar-refractivity contribution in [1.82, 2.24) is 14.8 Å². The Labute approximate surface area is 193 Å². The lowest BCUT2D eigenvalue weighted by atomic mass is 9.95. The van der Waals surface area contributed by atoms with E-state index in [2.05, 4.69) is 43.3 Å². The molecule has 1 aliphatic heterocycles. The number of rotatable bonds is 6. The summed E-state index contributed by atoms with van der Waals surface area (Å²) < 4.78 is 2.74. The second-order valence-corrected chi connectivity index (χ2v) is 8.49. The van der Waals surface area contributed by atoms with E-state index >= 15 is 0 Å². The standard InChI is InChI=1S/C22H22IN5O3/c1-13-19(21(31)25-16-9-7-15(23)8-10-16)20(14-4-2-5-17(30)12-14)28-22(24-13)26-18(27-28)6-3-11-29/h2,4-5,7-10,12,20,29-30H,3,6,11H2,1H3,(H,25,31)(H,24,26,27). The summed E-state index contributed by atoms with van der Waals surface area (Å²) in [4.78, 5) is 17.9. The largest absolute Gasteiger partial charge is 0.508 e. The van der Waals surface area contributed by atoms with Crippen LogP contribution in [-0.2, 0) is 11.2 Å². The number of carbonyl (C=O) groups excluding carboxylic acids is 1. The maximum absolute atomic E-state index is 13.4. The molecule has 0 spiro atoms. The van der Waals surface area contributed by atoms with Crippen molar-refractivity contribution in [2.24, 2.45) is 0 Å². The maximum atomic E-state index is 13.4. The fraction of sp³-hybridized carbons (Fsp3) is 0.227. The molecule has 0 saturated heterocycles. The number of anilines is 2. The van der Waals surface area contributed by atoms with Crippen molar-refractivity contribution in [1.29, 1.82) is 0 Å². The van der Waals surface area contributed by atoms with Gasteiger partial charge < -0.3 is 20.8 Å². The molecule has 0 bridgehead atoms. The van der Waals surface area contributed by atoms with Gasteiger partial charge in [-0.1, -0.05) is 12.1 Å². The summed E-state index contributed by atoms with van der Waals surface area (Å²) >= 11 is 2.21. The Kier molecular flexibility index (Phi) is 6.23. The van der Waals surface area contributed by atoms with Crippen LogP contribution in [0.1, 0.15) is 30.8 Å². The summed E-state index contributed by atoms with van der Waals surface area (Å²) in [5.41, 5.74) is 2.54. The number of aromatic hydroxyl groups is 1. The van der Waals surface area contributed by atoms with Gasteiger partial charge in [0.05, 0.1) is 5.57 Å². The van der Waals surface area contributed by atoms with Crippen LogP contribution in [0.5, 0.6) is 5.75 Å². The molecule has 2 aromatic carbocycles. The molecule has 1 atom stereocenters. The number of allylic oxidation sites excluding steroid dienone is 1. The normalized spacial score (nSPS) is 15.4. The van der Waals surface area contributed by atoms with Crippen molar-refractivity contribution in [2.75, 3.05) is 17.2 Å². The molecule has 0 fully saturated rings. The number of hydrogen-bond donors (Lipinski definition) is 4. The molecule has 1 aliphatic rings. The molecule has 1 aromatic heterocycles. The number of fused-ring (bicyclic) bond motifs is 1. The van der Waals surface area contributed by atoms with Crippen LogP contribution in [0, 0.1) is 3.57 Å². The van der Waals surface area contributed by atoms with Crippen LogP contribution in [-0.4, -0.2) is 37.5 Å². The van der Waals surface area contributed by atoms with Gasteiger partial charge in [0.15, 0.2) is 5.82 Å². The van der Waals surface area contributed by atoms with Crippen molar-refractivity contribution in [2.45, 2.75) is 25.8 Å². The Balaban J connectivity index is 1.75. The SMILES string of the molecule is CC1=C(C(=O)Nc2ccc(I)cc2)C(c2cccc(O)c2)n2nc(CCCO)nc2N1. The number of benzene rings is 2. The lowest BCUT2D eigenvalue weighted by Crippen LogP contribution is -2.31. The Morgan fingerprint density at radius 3 is 2.74 bits per heavy atom. The summed E-state index contributed by atoms with van der Waals surface area (Å²) in [5, 5.41) is 29.9. The first-order chi connectivity index (χ1) is 15.0. The van der Waals surface area contributed by atoms with E-state index in [1.807, 2.05) is 37.3 Å². The molecular formula is C22H22IN5O3. The van der Waals surface area contributed by atoms with E-state index in [-0.39, 0.29) is 18.3 Å². The molecule has 1 unspecified atom stereocenters. The average Bonchev–Trinajstić information content (AvgIpc) is 3.15. The van der Waals surface area contributed by atoms with Gasteiger partial charge in [-0.15, -0.1) is 0 Å². The van der Waals surface area contributed by atoms with E-state index in [1.54, 1.807) is 22.9 Å². The minimum absolute atomic E-state index is 0.0498. The number of aryl methyl sites for hydroxylation is 1. The second kappa shape index (κ2) is 9.06. The molecule has 3 aromatic rings. The van der Waals surface area contributed by atoms with Gasteiger partial charge in [-0.2, -0.15) is 10.1 Å². The molecular weight excluding hydrogens is 509 g/mol. The smallest absolute Gasteiger partial charge is 0.255 e. The second-order valence-electron chi connectivity index (χ2n) is 7.25. The highest BCUT2D eigenvalue weighted by molar-refractivity contribution is 14.1. The van der Waals surface area contributed by atoms with Crippen molar-refractivity contribution >= 4 is 40.1 Å². The molecule has 0 saturated carbocycles. The Bertz CT molecular complexity index is 1140. The number of nitrogens with zero attached hydrogens (tertiary/aromatic N) is 3. The topological polar surface area (TPSA) is 112 Å². The minimum atomic E-state index is -0.567.